The largest absolute Gasteiger partial charge is 0.300 e. The Labute approximate surface area is 104 Å². The molecule has 17 heavy (non-hydrogen) atoms. The highest BCUT2D eigenvalue weighted by Crippen LogP contribution is 2.01. The number of carbonyl (C=O) groups is 2. The summed E-state index contributed by atoms with van der Waals surface area (Å²) in [4.78, 5) is 21.4. The zero-order valence-corrected chi connectivity index (χ0v) is 11.0. The van der Waals surface area contributed by atoms with Crippen LogP contribution in [0.2, 0.25) is 0 Å². The molecular formula is C15H22O2. The fourth-order valence-electron chi connectivity index (χ4n) is 1.28. The minimum atomic E-state index is 0.209. The van der Waals surface area contributed by atoms with Gasteiger partial charge >= 0.3 is 0 Å². The van der Waals surface area contributed by atoms with Gasteiger partial charge in [-0.1, -0.05) is 51.1 Å². The van der Waals surface area contributed by atoms with E-state index in [1.165, 1.54) is 0 Å². The molecule has 0 bridgehead atoms. The van der Waals surface area contributed by atoms with Crippen LogP contribution in [0.5, 0.6) is 0 Å². The molecule has 2 heteroatoms. The summed E-state index contributed by atoms with van der Waals surface area (Å²) >= 11 is 0. The predicted molar refractivity (Wildman–Crippen MR) is 71.3 cm³/mol. The molecule has 0 unspecified atom stereocenters. The standard InChI is InChI=1S/C9H10O.C6H12O/c1-2-9(10)8-6-4-3-5-7-8;1-3-5-6(7)4-2/h3-7H,2H2,1H3;3-5H2,1-2H3. The summed E-state index contributed by atoms with van der Waals surface area (Å²) < 4.78 is 0. The van der Waals surface area contributed by atoms with Crippen LogP contribution in [0, 0.1) is 0 Å². The van der Waals surface area contributed by atoms with Crippen molar-refractivity contribution < 1.29 is 9.59 Å². The fourth-order valence-corrected chi connectivity index (χ4v) is 1.28. The van der Waals surface area contributed by atoms with Gasteiger partial charge in [-0.2, -0.15) is 0 Å². The quantitative estimate of drug-likeness (QED) is 0.720. The number of benzene rings is 1. The van der Waals surface area contributed by atoms with Crippen LogP contribution >= 0.6 is 0 Å². The fraction of sp³-hybridized carbons (Fsp3) is 0.467. The van der Waals surface area contributed by atoms with Crippen molar-refractivity contribution in [2.75, 3.05) is 0 Å². The first-order chi connectivity index (χ1) is 8.15. The average molecular weight is 234 g/mol. The highest BCUT2D eigenvalue weighted by atomic mass is 16.1. The highest BCUT2D eigenvalue weighted by molar-refractivity contribution is 5.95. The van der Waals surface area contributed by atoms with E-state index >= 15 is 0 Å². The molecule has 0 atom stereocenters. The maximum atomic E-state index is 11.0. The summed E-state index contributed by atoms with van der Waals surface area (Å²) in [5.74, 6) is 0.586. The summed E-state index contributed by atoms with van der Waals surface area (Å²) in [5, 5.41) is 0. The van der Waals surface area contributed by atoms with Crippen LogP contribution in [0.4, 0.5) is 0 Å². The smallest absolute Gasteiger partial charge is 0.162 e. The Balaban J connectivity index is 0.000000325. The van der Waals surface area contributed by atoms with Crippen LogP contribution in [-0.2, 0) is 4.79 Å². The van der Waals surface area contributed by atoms with E-state index in [9.17, 15) is 9.59 Å². The number of rotatable bonds is 5. The van der Waals surface area contributed by atoms with Crippen LogP contribution in [0.3, 0.4) is 0 Å². The lowest BCUT2D eigenvalue weighted by Crippen LogP contribution is -1.94. The van der Waals surface area contributed by atoms with Crippen molar-refractivity contribution in [2.24, 2.45) is 0 Å². The first-order valence-electron chi connectivity index (χ1n) is 6.25. The predicted octanol–water partition coefficient (Wildman–Crippen LogP) is 4.04. The van der Waals surface area contributed by atoms with E-state index in [0.29, 0.717) is 18.6 Å². The van der Waals surface area contributed by atoms with Gasteiger partial charge in [0.2, 0.25) is 0 Å². The molecule has 0 heterocycles. The van der Waals surface area contributed by atoms with Crippen molar-refractivity contribution in [3.05, 3.63) is 35.9 Å². The van der Waals surface area contributed by atoms with Gasteiger partial charge in [-0.05, 0) is 6.42 Å². The van der Waals surface area contributed by atoms with E-state index in [-0.39, 0.29) is 5.78 Å². The average Bonchev–Trinajstić information content (AvgIpc) is 2.39. The molecule has 0 saturated heterocycles. The third-order valence-corrected chi connectivity index (χ3v) is 2.34. The Hall–Kier alpha value is -1.44. The van der Waals surface area contributed by atoms with Gasteiger partial charge in [0, 0.05) is 24.8 Å². The summed E-state index contributed by atoms with van der Waals surface area (Å²) in [5.41, 5.74) is 0.810. The summed E-state index contributed by atoms with van der Waals surface area (Å²) in [7, 11) is 0. The minimum Gasteiger partial charge on any atom is -0.300 e. The molecule has 0 amide bonds. The van der Waals surface area contributed by atoms with Crippen molar-refractivity contribution in [2.45, 2.75) is 46.5 Å². The van der Waals surface area contributed by atoms with Crippen molar-refractivity contribution in [1.29, 1.82) is 0 Å². The lowest BCUT2D eigenvalue weighted by molar-refractivity contribution is -0.118. The van der Waals surface area contributed by atoms with E-state index in [1.807, 2.05) is 51.1 Å². The SMILES string of the molecule is CCC(=O)c1ccccc1.CCCC(=O)CC. The van der Waals surface area contributed by atoms with Crippen LogP contribution < -0.4 is 0 Å². The van der Waals surface area contributed by atoms with Gasteiger partial charge in [0.25, 0.3) is 0 Å². The van der Waals surface area contributed by atoms with Crippen molar-refractivity contribution in [3.8, 4) is 0 Å². The van der Waals surface area contributed by atoms with Crippen LogP contribution in [-0.4, -0.2) is 11.6 Å². The van der Waals surface area contributed by atoms with Gasteiger partial charge in [-0.15, -0.1) is 0 Å². The van der Waals surface area contributed by atoms with Crippen molar-refractivity contribution in [3.63, 3.8) is 0 Å². The lowest BCUT2D eigenvalue weighted by atomic mass is 10.1. The van der Waals surface area contributed by atoms with Gasteiger partial charge in [0.1, 0.15) is 5.78 Å². The summed E-state index contributed by atoms with van der Waals surface area (Å²) in [6.45, 7) is 5.79. The molecule has 2 nitrogen and oxygen atoms in total. The van der Waals surface area contributed by atoms with Crippen LogP contribution in [0.1, 0.15) is 56.8 Å². The van der Waals surface area contributed by atoms with Crippen molar-refractivity contribution >= 4 is 11.6 Å². The molecular weight excluding hydrogens is 212 g/mol. The maximum Gasteiger partial charge on any atom is 0.162 e. The van der Waals surface area contributed by atoms with E-state index in [0.717, 1.165) is 18.4 Å². The molecule has 0 N–H and O–H groups in total. The Morgan fingerprint density at radius 2 is 1.53 bits per heavy atom. The van der Waals surface area contributed by atoms with Gasteiger partial charge in [-0.25, -0.2) is 0 Å². The summed E-state index contributed by atoms with van der Waals surface area (Å²) in [6.07, 6.45) is 3.04. The molecule has 0 radical (unpaired) electrons. The second-order valence-corrected chi connectivity index (χ2v) is 3.78. The van der Waals surface area contributed by atoms with Gasteiger partial charge in [0.05, 0.1) is 0 Å². The van der Waals surface area contributed by atoms with E-state index < -0.39 is 0 Å². The Morgan fingerprint density at radius 1 is 0.941 bits per heavy atom. The van der Waals surface area contributed by atoms with E-state index in [1.54, 1.807) is 0 Å². The molecule has 0 saturated carbocycles. The third-order valence-electron chi connectivity index (χ3n) is 2.34. The van der Waals surface area contributed by atoms with Gasteiger partial charge < -0.3 is 0 Å². The topological polar surface area (TPSA) is 34.1 Å². The number of hydrogen-bond donors (Lipinski definition) is 0. The monoisotopic (exact) mass is 234 g/mol. The summed E-state index contributed by atoms with van der Waals surface area (Å²) in [6, 6.07) is 9.34. The molecule has 0 aliphatic heterocycles. The normalized spacial score (nSPS) is 9.12. The molecule has 0 aliphatic rings. The number of hydrogen-bond acceptors (Lipinski definition) is 2. The second-order valence-electron chi connectivity index (χ2n) is 3.78. The highest BCUT2D eigenvalue weighted by Gasteiger charge is 1.98. The molecule has 1 rings (SSSR count). The molecule has 0 aromatic heterocycles. The Bertz CT molecular complexity index is 328. The first-order valence-corrected chi connectivity index (χ1v) is 6.25. The maximum absolute atomic E-state index is 11.0. The Morgan fingerprint density at radius 3 is 1.88 bits per heavy atom. The van der Waals surface area contributed by atoms with E-state index in [4.69, 9.17) is 0 Å². The zero-order chi connectivity index (χ0) is 13.1. The van der Waals surface area contributed by atoms with Crippen LogP contribution in [0.15, 0.2) is 30.3 Å². The van der Waals surface area contributed by atoms with Gasteiger partial charge in [-0.3, -0.25) is 9.59 Å². The molecule has 0 fully saturated rings. The minimum absolute atomic E-state index is 0.209. The second kappa shape index (κ2) is 9.76. The third kappa shape index (κ3) is 7.45. The van der Waals surface area contributed by atoms with Crippen LogP contribution in [0.25, 0.3) is 0 Å². The number of Topliss-reactive ketones (excluding diaryl/α,β-unsaturated/α-hetero) is 2. The number of ketones is 2. The molecule has 0 spiro atoms. The molecule has 1 aromatic rings. The Kier molecular flexibility index (Phi) is 8.94. The van der Waals surface area contributed by atoms with Gasteiger partial charge in [0.15, 0.2) is 5.78 Å². The molecule has 0 aliphatic carbocycles. The zero-order valence-electron chi connectivity index (χ0n) is 11.0. The van der Waals surface area contributed by atoms with E-state index in [2.05, 4.69) is 0 Å². The molecule has 1 aromatic carbocycles. The first kappa shape index (κ1) is 15.6. The van der Waals surface area contributed by atoms with Crippen molar-refractivity contribution in [1.82, 2.24) is 0 Å². The lowest BCUT2D eigenvalue weighted by Gasteiger charge is -1.93. The number of carbonyl (C=O) groups excluding carboxylic acids is 2. The molecule has 94 valence electrons.